The Labute approximate surface area is 170 Å². The summed E-state index contributed by atoms with van der Waals surface area (Å²) in [5, 5.41) is 12.3. The lowest BCUT2D eigenvalue weighted by Gasteiger charge is -2.09. The second-order valence-electron chi connectivity index (χ2n) is 6.72. The number of carboxylic acids is 1. The zero-order chi connectivity index (χ0) is 20.0. The van der Waals surface area contributed by atoms with Crippen molar-refractivity contribution < 1.29 is 14.7 Å². The number of carbonyl (C=O) groups excluding carboxylic acids is 1. The molecule has 140 valence electrons. The van der Waals surface area contributed by atoms with Gasteiger partial charge in [-0.25, -0.2) is 4.79 Å². The minimum Gasteiger partial charge on any atom is -0.478 e. The molecule has 2 heterocycles. The highest BCUT2D eigenvalue weighted by Gasteiger charge is 2.28. The average molecular weight is 437 g/mol. The molecule has 0 saturated carbocycles. The Morgan fingerprint density at radius 1 is 1.11 bits per heavy atom. The van der Waals surface area contributed by atoms with Gasteiger partial charge >= 0.3 is 5.97 Å². The zero-order valence-corrected chi connectivity index (χ0v) is 16.8. The van der Waals surface area contributed by atoms with E-state index in [9.17, 15) is 14.7 Å². The van der Waals surface area contributed by atoms with Gasteiger partial charge in [0.25, 0.3) is 5.91 Å². The van der Waals surface area contributed by atoms with Gasteiger partial charge in [0, 0.05) is 27.1 Å². The fourth-order valence-corrected chi connectivity index (χ4v) is 3.91. The summed E-state index contributed by atoms with van der Waals surface area (Å²) in [5.41, 5.74) is 6.05. The molecule has 1 amide bonds. The van der Waals surface area contributed by atoms with Gasteiger partial charge in [0.2, 0.25) is 0 Å². The number of aryl methyl sites for hydroxylation is 1. The molecule has 5 nitrogen and oxygen atoms in total. The van der Waals surface area contributed by atoms with Crippen molar-refractivity contribution >= 4 is 45.1 Å². The number of benzene rings is 2. The highest BCUT2D eigenvalue weighted by molar-refractivity contribution is 9.10. The minimum absolute atomic E-state index is 0.205. The highest BCUT2D eigenvalue weighted by atomic mass is 79.9. The number of fused-ring (bicyclic) bond motifs is 1. The van der Waals surface area contributed by atoms with Gasteiger partial charge in [-0.2, -0.15) is 0 Å². The van der Waals surface area contributed by atoms with Crippen LogP contribution in [0.1, 0.15) is 32.9 Å². The van der Waals surface area contributed by atoms with Gasteiger partial charge in [-0.3, -0.25) is 4.79 Å². The van der Waals surface area contributed by atoms with Crippen LogP contribution in [0.25, 0.3) is 22.8 Å². The van der Waals surface area contributed by atoms with E-state index in [1.807, 2.05) is 42.5 Å². The minimum atomic E-state index is -0.984. The van der Waals surface area contributed by atoms with E-state index in [0.29, 0.717) is 22.5 Å². The molecule has 28 heavy (non-hydrogen) atoms. The molecule has 1 aromatic heterocycles. The molecule has 0 bridgehead atoms. The van der Waals surface area contributed by atoms with Gasteiger partial charge in [0.1, 0.15) is 0 Å². The van der Waals surface area contributed by atoms with E-state index in [-0.39, 0.29) is 11.5 Å². The van der Waals surface area contributed by atoms with Crippen LogP contribution in [0.15, 0.2) is 46.9 Å². The number of carbonyl (C=O) groups is 2. The van der Waals surface area contributed by atoms with Gasteiger partial charge in [0.15, 0.2) is 0 Å². The van der Waals surface area contributed by atoms with Crippen molar-refractivity contribution in [2.45, 2.75) is 13.8 Å². The van der Waals surface area contributed by atoms with E-state index in [4.69, 9.17) is 0 Å². The Bertz CT molecular complexity index is 1160. The Morgan fingerprint density at radius 2 is 1.82 bits per heavy atom. The van der Waals surface area contributed by atoms with Crippen molar-refractivity contribution in [1.82, 2.24) is 4.98 Å². The first-order chi connectivity index (χ1) is 13.4. The zero-order valence-electron chi connectivity index (χ0n) is 15.3. The summed E-state index contributed by atoms with van der Waals surface area (Å²) in [6.45, 7) is 3.46. The molecule has 2 aromatic carbocycles. The number of hydrogen-bond acceptors (Lipinski definition) is 2. The van der Waals surface area contributed by atoms with Gasteiger partial charge < -0.3 is 15.4 Å². The number of aromatic amines is 1. The molecule has 0 radical (unpaired) electrons. The lowest BCUT2D eigenvalue weighted by molar-refractivity contribution is -0.110. The number of anilines is 1. The largest absolute Gasteiger partial charge is 0.478 e. The van der Waals surface area contributed by atoms with E-state index in [1.54, 1.807) is 19.9 Å². The molecule has 3 N–H and O–H groups in total. The fraction of sp³-hybridized carbons (Fsp3) is 0.0909. The smallest absolute Gasteiger partial charge is 0.337 e. The Hall–Kier alpha value is -3.12. The lowest BCUT2D eigenvalue weighted by Crippen LogP contribution is -2.03. The molecule has 6 heteroatoms. The van der Waals surface area contributed by atoms with Crippen molar-refractivity contribution in [1.29, 1.82) is 0 Å². The van der Waals surface area contributed by atoms with Gasteiger partial charge in [-0.05, 0) is 54.8 Å². The predicted molar refractivity (Wildman–Crippen MR) is 113 cm³/mol. The first-order valence-corrected chi connectivity index (χ1v) is 9.51. The van der Waals surface area contributed by atoms with E-state index in [0.717, 1.165) is 26.9 Å². The number of carboxylic acid groups (broad SMARTS) is 1. The van der Waals surface area contributed by atoms with E-state index in [1.165, 1.54) is 0 Å². The molecule has 3 aromatic rings. The second kappa shape index (κ2) is 6.80. The molecule has 0 aliphatic carbocycles. The average Bonchev–Trinajstić information content (AvgIpc) is 3.11. The van der Waals surface area contributed by atoms with Crippen LogP contribution < -0.4 is 5.32 Å². The first-order valence-electron chi connectivity index (χ1n) is 8.71. The molecular formula is C22H17BrN2O3. The number of hydrogen-bond donors (Lipinski definition) is 3. The highest BCUT2D eigenvalue weighted by Crippen LogP contribution is 2.41. The van der Waals surface area contributed by atoms with Crippen molar-refractivity contribution in [2.75, 3.05) is 5.32 Å². The monoisotopic (exact) mass is 436 g/mol. The molecule has 1 aliphatic heterocycles. The topological polar surface area (TPSA) is 82.2 Å². The quantitative estimate of drug-likeness (QED) is 0.490. The summed E-state index contributed by atoms with van der Waals surface area (Å²) in [7, 11) is 0. The molecule has 4 rings (SSSR count). The number of amides is 1. The van der Waals surface area contributed by atoms with Gasteiger partial charge in [-0.1, -0.05) is 40.2 Å². The van der Waals surface area contributed by atoms with Crippen LogP contribution in [0.4, 0.5) is 5.69 Å². The number of H-pyrrole nitrogens is 1. The predicted octanol–water partition coefficient (Wildman–Crippen LogP) is 5.25. The molecule has 0 saturated heterocycles. The maximum Gasteiger partial charge on any atom is 0.337 e. The normalized spacial score (nSPS) is 14.2. The van der Waals surface area contributed by atoms with E-state index < -0.39 is 5.97 Å². The van der Waals surface area contributed by atoms with Crippen LogP contribution in [0.3, 0.4) is 0 Å². The number of nitrogens with one attached hydrogen (secondary N) is 2. The molecular weight excluding hydrogens is 420 g/mol. The van der Waals surface area contributed by atoms with E-state index >= 15 is 0 Å². The second-order valence-corrected chi connectivity index (χ2v) is 7.63. The summed E-state index contributed by atoms with van der Waals surface area (Å²) in [5.74, 6) is -1.19. The summed E-state index contributed by atoms with van der Waals surface area (Å²) < 4.78 is 0.979. The Kier molecular flexibility index (Phi) is 4.43. The lowest BCUT2D eigenvalue weighted by atomic mass is 9.94. The fourth-order valence-electron chi connectivity index (χ4n) is 3.64. The van der Waals surface area contributed by atoms with Gasteiger partial charge in [0.05, 0.1) is 11.1 Å². The van der Waals surface area contributed by atoms with Crippen LogP contribution in [0.2, 0.25) is 0 Å². The molecule has 0 fully saturated rings. The Morgan fingerprint density at radius 3 is 2.46 bits per heavy atom. The SMILES string of the molecule is Cc1[nH]c(/C=C2\C(=O)Nc3cccc(-c4ccc(Br)cc4)c32)c(C)c1C(=O)O. The van der Waals surface area contributed by atoms with Crippen molar-refractivity contribution in [3.63, 3.8) is 0 Å². The maximum atomic E-state index is 12.7. The standard InChI is InChI=1S/C22H17BrN2O3/c1-11-18(24-12(2)19(11)22(27)28)10-16-20-15(13-6-8-14(23)9-7-13)4-3-5-17(20)25-21(16)26/h3-10,24H,1-2H3,(H,25,26)(H,27,28)/b16-10-. The summed E-state index contributed by atoms with van der Waals surface area (Å²) >= 11 is 3.44. The first kappa shape index (κ1) is 18.3. The summed E-state index contributed by atoms with van der Waals surface area (Å²) in [6, 6.07) is 13.7. The molecule has 0 atom stereocenters. The van der Waals surface area contributed by atoms with Crippen LogP contribution in [-0.2, 0) is 4.79 Å². The number of halogens is 1. The van der Waals surface area contributed by atoms with Crippen LogP contribution in [0, 0.1) is 13.8 Å². The van der Waals surface area contributed by atoms with Crippen LogP contribution in [0.5, 0.6) is 0 Å². The summed E-state index contributed by atoms with van der Waals surface area (Å²) in [6.07, 6.45) is 1.73. The number of aromatic carboxylic acids is 1. The molecule has 1 aliphatic rings. The maximum absolute atomic E-state index is 12.7. The van der Waals surface area contributed by atoms with Crippen molar-refractivity contribution in [3.05, 3.63) is 75.0 Å². The number of rotatable bonds is 3. The van der Waals surface area contributed by atoms with E-state index in [2.05, 4.69) is 26.2 Å². The number of aromatic nitrogens is 1. The molecule has 0 spiro atoms. The van der Waals surface area contributed by atoms with Crippen molar-refractivity contribution in [3.8, 4) is 11.1 Å². The molecule has 0 unspecified atom stereocenters. The van der Waals surface area contributed by atoms with Crippen LogP contribution >= 0.6 is 15.9 Å². The van der Waals surface area contributed by atoms with Crippen molar-refractivity contribution in [2.24, 2.45) is 0 Å². The van der Waals surface area contributed by atoms with Crippen LogP contribution in [-0.4, -0.2) is 22.0 Å². The Balaban J connectivity index is 1.90. The van der Waals surface area contributed by atoms with Gasteiger partial charge in [-0.15, -0.1) is 0 Å². The third-order valence-corrected chi connectivity index (χ3v) is 5.49. The third-order valence-electron chi connectivity index (χ3n) is 4.96. The summed E-state index contributed by atoms with van der Waals surface area (Å²) in [4.78, 5) is 27.3. The third kappa shape index (κ3) is 2.96.